The highest BCUT2D eigenvalue weighted by Gasteiger charge is 2.16. The Morgan fingerprint density at radius 2 is 1.74 bits per heavy atom. The molecule has 152 valence electrons. The Balaban J connectivity index is 1.74. The van der Waals surface area contributed by atoms with Gasteiger partial charge in [0, 0.05) is 39.3 Å². The predicted molar refractivity (Wildman–Crippen MR) is 114 cm³/mol. The van der Waals surface area contributed by atoms with Gasteiger partial charge in [-0.2, -0.15) is 0 Å². The molecule has 0 aromatic heterocycles. The van der Waals surface area contributed by atoms with E-state index in [1.165, 1.54) is 17.5 Å². The number of nitrogens with zero attached hydrogens (tertiary/aromatic N) is 2. The third-order valence-electron chi connectivity index (χ3n) is 5.23. The number of aliphatic hydroxyl groups excluding tert-OH is 1. The minimum absolute atomic E-state index is 0.106. The van der Waals surface area contributed by atoms with Crippen molar-refractivity contribution in [2.24, 2.45) is 10.9 Å². The van der Waals surface area contributed by atoms with E-state index in [2.05, 4.69) is 65.6 Å². The van der Waals surface area contributed by atoms with Gasteiger partial charge >= 0.3 is 0 Å². The van der Waals surface area contributed by atoms with E-state index in [1.54, 1.807) is 0 Å². The van der Waals surface area contributed by atoms with E-state index in [-0.39, 0.29) is 6.10 Å². The molecule has 0 aliphatic carbocycles. The quantitative estimate of drug-likeness (QED) is 0.483. The van der Waals surface area contributed by atoms with Crippen LogP contribution in [0.3, 0.4) is 0 Å². The molecular formula is C22H38N4O. The smallest absolute Gasteiger partial charge is 0.191 e. The molecule has 27 heavy (non-hydrogen) atoms. The molecule has 1 saturated heterocycles. The normalized spacial score (nSPS) is 17.9. The number of aliphatic hydroxyl groups is 1. The van der Waals surface area contributed by atoms with E-state index in [0.29, 0.717) is 6.04 Å². The lowest BCUT2D eigenvalue weighted by atomic mass is 10.0. The summed E-state index contributed by atoms with van der Waals surface area (Å²) in [6, 6.07) is 9.23. The Labute approximate surface area is 165 Å². The minimum atomic E-state index is -0.106. The number of rotatable bonds is 8. The highest BCUT2D eigenvalue weighted by molar-refractivity contribution is 5.79. The third kappa shape index (κ3) is 8.31. The zero-order valence-electron chi connectivity index (χ0n) is 17.5. The van der Waals surface area contributed by atoms with Gasteiger partial charge in [-0.1, -0.05) is 38.1 Å². The summed E-state index contributed by atoms with van der Waals surface area (Å²) in [7, 11) is 1.82. The number of hydrogen-bond acceptors (Lipinski definition) is 3. The van der Waals surface area contributed by atoms with E-state index in [4.69, 9.17) is 0 Å². The van der Waals surface area contributed by atoms with E-state index < -0.39 is 0 Å². The minimum Gasteiger partial charge on any atom is -0.393 e. The standard InChI is InChI=1S/C22H38N4O/c1-17(2)5-6-18(3)25-22(23-4)24-15-19-7-9-20(10-8-19)16-26-13-11-21(27)12-14-26/h7-10,17-18,21,27H,5-6,11-16H2,1-4H3,(H2,23,24,25). The zero-order chi connectivity index (χ0) is 19.6. The first-order valence-corrected chi connectivity index (χ1v) is 10.4. The van der Waals surface area contributed by atoms with Crippen LogP contribution in [0.15, 0.2) is 29.3 Å². The van der Waals surface area contributed by atoms with Crippen molar-refractivity contribution in [1.82, 2.24) is 15.5 Å². The number of hydrogen-bond donors (Lipinski definition) is 3. The van der Waals surface area contributed by atoms with Crippen LogP contribution in [0.2, 0.25) is 0 Å². The Kier molecular flexibility index (Phi) is 9.08. The Morgan fingerprint density at radius 3 is 2.33 bits per heavy atom. The Bertz CT molecular complexity index is 562. The fourth-order valence-electron chi connectivity index (χ4n) is 3.37. The van der Waals surface area contributed by atoms with Gasteiger partial charge in [0.05, 0.1) is 6.10 Å². The zero-order valence-corrected chi connectivity index (χ0v) is 17.5. The van der Waals surface area contributed by atoms with Crippen molar-refractivity contribution in [1.29, 1.82) is 0 Å². The van der Waals surface area contributed by atoms with Crippen LogP contribution in [0.1, 0.15) is 57.6 Å². The van der Waals surface area contributed by atoms with Crippen LogP contribution in [0.5, 0.6) is 0 Å². The van der Waals surface area contributed by atoms with Crippen molar-refractivity contribution in [3.8, 4) is 0 Å². The SMILES string of the molecule is CN=C(NCc1ccc(CN2CCC(O)CC2)cc1)NC(C)CCC(C)C. The summed E-state index contributed by atoms with van der Waals surface area (Å²) in [5.74, 6) is 1.60. The van der Waals surface area contributed by atoms with Gasteiger partial charge in [-0.25, -0.2) is 0 Å². The molecular weight excluding hydrogens is 336 g/mol. The summed E-state index contributed by atoms with van der Waals surface area (Å²) in [5, 5.41) is 16.5. The molecule has 1 aromatic rings. The lowest BCUT2D eigenvalue weighted by Gasteiger charge is -2.29. The molecule has 2 rings (SSSR count). The number of likely N-dealkylation sites (tertiary alicyclic amines) is 1. The predicted octanol–water partition coefficient (Wildman–Crippen LogP) is 3.13. The summed E-state index contributed by atoms with van der Waals surface area (Å²) in [4.78, 5) is 6.76. The molecule has 1 atom stereocenters. The van der Waals surface area contributed by atoms with Crippen molar-refractivity contribution in [3.05, 3.63) is 35.4 Å². The first-order chi connectivity index (χ1) is 13.0. The number of benzene rings is 1. The van der Waals surface area contributed by atoms with Gasteiger partial charge < -0.3 is 15.7 Å². The highest BCUT2D eigenvalue weighted by atomic mass is 16.3. The molecule has 1 aliphatic heterocycles. The van der Waals surface area contributed by atoms with Crippen molar-refractivity contribution in [2.45, 2.75) is 71.7 Å². The Morgan fingerprint density at radius 1 is 1.11 bits per heavy atom. The summed E-state index contributed by atoms with van der Waals surface area (Å²) >= 11 is 0. The summed E-state index contributed by atoms with van der Waals surface area (Å²) in [6.45, 7) is 10.5. The molecule has 3 N–H and O–H groups in total. The monoisotopic (exact) mass is 374 g/mol. The van der Waals surface area contributed by atoms with Gasteiger partial charge in [0.15, 0.2) is 5.96 Å². The largest absolute Gasteiger partial charge is 0.393 e. The molecule has 1 aromatic carbocycles. The molecule has 0 bridgehead atoms. The highest BCUT2D eigenvalue weighted by Crippen LogP contribution is 2.14. The second-order valence-electron chi connectivity index (χ2n) is 8.27. The van der Waals surface area contributed by atoms with Gasteiger partial charge in [0.2, 0.25) is 0 Å². The summed E-state index contributed by atoms with van der Waals surface area (Å²) in [5.41, 5.74) is 2.59. The van der Waals surface area contributed by atoms with Crippen molar-refractivity contribution in [2.75, 3.05) is 20.1 Å². The van der Waals surface area contributed by atoms with Gasteiger partial charge in [-0.3, -0.25) is 9.89 Å². The average Bonchev–Trinajstić information content (AvgIpc) is 2.66. The molecule has 0 spiro atoms. The Hall–Kier alpha value is -1.59. The molecule has 1 heterocycles. The first kappa shape index (κ1) is 21.7. The van der Waals surface area contributed by atoms with Gasteiger partial charge in [-0.15, -0.1) is 0 Å². The van der Waals surface area contributed by atoms with E-state index in [0.717, 1.165) is 57.3 Å². The third-order valence-corrected chi connectivity index (χ3v) is 5.23. The lowest BCUT2D eigenvalue weighted by molar-refractivity contribution is 0.0792. The molecule has 1 aliphatic rings. The fraction of sp³-hybridized carbons (Fsp3) is 0.682. The molecule has 1 unspecified atom stereocenters. The molecule has 0 radical (unpaired) electrons. The second-order valence-corrected chi connectivity index (χ2v) is 8.27. The molecule has 1 fully saturated rings. The fourth-order valence-corrected chi connectivity index (χ4v) is 3.37. The number of aliphatic imine (C=N–C) groups is 1. The van der Waals surface area contributed by atoms with Crippen LogP contribution in [0.25, 0.3) is 0 Å². The van der Waals surface area contributed by atoms with E-state index >= 15 is 0 Å². The topological polar surface area (TPSA) is 59.9 Å². The van der Waals surface area contributed by atoms with Gasteiger partial charge in [0.25, 0.3) is 0 Å². The van der Waals surface area contributed by atoms with Crippen LogP contribution in [0, 0.1) is 5.92 Å². The van der Waals surface area contributed by atoms with E-state index in [9.17, 15) is 5.11 Å². The maximum absolute atomic E-state index is 9.61. The van der Waals surface area contributed by atoms with Gasteiger partial charge in [-0.05, 0) is 49.7 Å². The lowest BCUT2D eigenvalue weighted by Crippen LogP contribution is -2.41. The number of piperidine rings is 1. The van der Waals surface area contributed by atoms with Crippen LogP contribution < -0.4 is 10.6 Å². The molecule has 5 nitrogen and oxygen atoms in total. The van der Waals surface area contributed by atoms with Gasteiger partial charge in [0.1, 0.15) is 0 Å². The van der Waals surface area contributed by atoms with Crippen LogP contribution in [-0.4, -0.2) is 48.2 Å². The van der Waals surface area contributed by atoms with Crippen molar-refractivity contribution >= 4 is 5.96 Å². The first-order valence-electron chi connectivity index (χ1n) is 10.4. The second kappa shape index (κ2) is 11.3. The van der Waals surface area contributed by atoms with Crippen LogP contribution in [0.4, 0.5) is 0 Å². The maximum atomic E-state index is 9.61. The molecule has 0 amide bonds. The van der Waals surface area contributed by atoms with Crippen molar-refractivity contribution < 1.29 is 5.11 Å². The van der Waals surface area contributed by atoms with Crippen LogP contribution in [-0.2, 0) is 13.1 Å². The maximum Gasteiger partial charge on any atom is 0.191 e. The summed E-state index contributed by atoms with van der Waals surface area (Å²) in [6.07, 6.45) is 4.06. The van der Waals surface area contributed by atoms with E-state index in [1.807, 2.05) is 7.05 Å². The molecule has 0 saturated carbocycles. The number of nitrogens with one attached hydrogen (secondary N) is 2. The number of guanidine groups is 1. The van der Waals surface area contributed by atoms with Crippen molar-refractivity contribution in [3.63, 3.8) is 0 Å². The average molecular weight is 375 g/mol. The summed E-state index contributed by atoms with van der Waals surface area (Å²) < 4.78 is 0. The van der Waals surface area contributed by atoms with Crippen LogP contribution >= 0.6 is 0 Å². The molecule has 5 heteroatoms.